The third-order valence-corrected chi connectivity index (χ3v) is 6.20. The number of ether oxygens (including phenoxy) is 1. The lowest BCUT2D eigenvalue weighted by Crippen LogP contribution is -2.50. The number of hydrogen-bond acceptors (Lipinski definition) is 4. The van der Waals surface area contributed by atoms with Crippen molar-refractivity contribution in [1.29, 1.82) is 0 Å². The second-order valence-electron chi connectivity index (χ2n) is 6.94. The van der Waals surface area contributed by atoms with Gasteiger partial charge in [0.15, 0.2) is 5.96 Å². The molecular formula is C18H27F3N4O3S. The number of aliphatic imine (C=N–C) groups is 1. The molecule has 2 unspecified atom stereocenters. The highest BCUT2D eigenvalue weighted by Gasteiger charge is 2.31. The van der Waals surface area contributed by atoms with Gasteiger partial charge in [-0.3, -0.25) is 4.99 Å². The SMILES string of the molecule is CN=C(NCCS(=O)(=O)N1CC(C)OC(C)C1)NCc1ccc(C(F)(F)F)cc1. The highest BCUT2D eigenvalue weighted by atomic mass is 32.2. The topological polar surface area (TPSA) is 83.0 Å². The molecule has 0 aliphatic carbocycles. The van der Waals surface area contributed by atoms with E-state index in [2.05, 4.69) is 15.6 Å². The summed E-state index contributed by atoms with van der Waals surface area (Å²) in [5.74, 6) is 0.261. The zero-order chi connectivity index (χ0) is 21.7. The molecule has 1 saturated heterocycles. The summed E-state index contributed by atoms with van der Waals surface area (Å²) in [6, 6.07) is 4.80. The first-order valence-electron chi connectivity index (χ1n) is 9.25. The number of nitrogens with one attached hydrogen (secondary N) is 2. The van der Waals surface area contributed by atoms with Gasteiger partial charge in [0.05, 0.1) is 23.5 Å². The van der Waals surface area contributed by atoms with Crippen LogP contribution in [0.4, 0.5) is 13.2 Å². The van der Waals surface area contributed by atoms with Crippen LogP contribution in [0.3, 0.4) is 0 Å². The summed E-state index contributed by atoms with van der Waals surface area (Å²) in [7, 11) is -1.91. The molecule has 0 bridgehead atoms. The number of rotatable bonds is 6. The highest BCUT2D eigenvalue weighted by molar-refractivity contribution is 7.89. The van der Waals surface area contributed by atoms with E-state index in [0.717, 1.165) is 12.1 Å². The maximum Gasteiger partial charge on any atom is 0.416 e. The minimum absolute atomic E-state index is 0.104. The smallest absolute Gasteiger partial charge is 0.373 e. The summed E-state index contributed by atoms with van der Waals surface area (Å²) in [6.07, 6.45) is -4.68. The lowest BCUT2D eigenvalue weighted by molar-refractivity contribution is -0.137. The number of hydrogen-bond donors (Lipinski definition) is 2. The quantitative estimate of drug-likeness (QED) is 0.525. The normalized spacial score (nSPS) is 21.8. The predicted molar refractivity (Wildman–Crippen MR) is 105 cm³/mol. The standard InChI is InChI=1S/C18H27F3N4O3S/c1-13-11-25(12-14(2)28-13)29(26,27)9-8-23-17(22-3)24-10-15-4-6-16(7-5-15)18(19,20)21/h4-7,13-14H,8-12H2,1-3H3,(H2,22,23,24). The monoisotopic (exact) mass is 436 g/mol. The molecule has 0 spiro atoms. The molecule has 1 aliphatic heterocycles. The minimum Gasteiger partial charge on any atom is -0.373 e. The highest BCUT2D eigenvalue weighted by Crippen LogP contribution is 2.29. The van der Waals surface area contributed by atoms with Gasteiger partial charge < -0.3 is 15.4 Å². The number of alkyl halides is 3. The second-order valence-corrected chi connectivity index (χ2v) is 9.03. The van der Waals surface area contributed by atoms with E-state index < -0.39 is 21.8 Å². The number of morpholine rings is 1. The number of benzene rings is 1. The van der Waals surface area contributed by atoms with Gasteiger partial charge in [-0.15, -0.1) is 0 Å². The van der Waals surface area contributed by atoms with Crippen LogP contribution < -0.4 is 10.6 Å². The number of guanidine groups is 1. The van der Waals surface area contributed by atoms with E-state index in [1.807, 2.05) is 13.8 Å². The van der Waals surface area contributed by atoms with E-state index in [0.29, 0.717) is 24.6 Å². The number of sulfonamides is 1. The van der Waals surface area contributed by atoms with E-state index in [-0.39, 0.29) is 31.1 Å². The van der Waals surface area contributed by atoms with Crippen LogP contribution in [0, 0.1) is 0 Å². The van der Waals surface area contributed by atoms with Crippen LogP contribution in [0.2, 0.25) is 0 Å². The Labute approximate surface area is 169 Å². The lowest BCUT2D eigenvalue weighted by atomic mass is 10.1. The van der Waals surface area contributed by atoms with Gasteiger partial charge in [0, 0.05) is 33.2 Å². The molecule has 1 heterocycles. The van der Waals surface area contributed by atoms with Crippen molar-refractivity contribution in [3.8, 4) is 0 Å². The third-order valence-electron chi connectivity index (χ3n) is 4.40. The summed E-state index contributed by atoms with van der Waals surface area (Å²) in [5, 5.41) is 5.87. The number of halogens is 3. The van der Waals surface area contributed by atoms with E-state index >= 15 is 0 Å². The molecule has 1 aromatic rings. The molecule has 2 atom stereocenters. The fraction of sp³-hybridized carbons (Fsp3) is 0.611. The van der Waals surface area contributed by atoms with E-state index in [1.165, 1.54) is 23.5 Å². The van der Waals surface area contributed by atoms with Crippen LogP contribution in [-0.2, 0) is 27.5 Å². The van der Waals surface area contributed by atoms with Gasteiger partial charge in [-0.25, -0.2) is 8.42 Å². The van der Waals surface area contributed by atoms with Gasteiger partial charge in [0.1, 0.15) is 0 Å². The van der Waals surface area contributed by atoms with Crippen molar-refractivity contribution in [3.63, 3.8) is 0 Å². The van der Waals surface area contributed by atoms with Crippen molar-refractivity contribution < 1.29 is 26.3 Å². The minimum atomic E-state index is -4.37. The molecule has 29 heavy (non-hydrogen) atoms. The van der Waals surface area contributed by atoms with Crippen molar-refractivity contribution in [2.75, 3.05) is 32.4 Å². The van der Waals surface area contributed by atoms with Crippen LogP contribution in [0.1, 0.15) is 25.0 Å². The van der Waals surface area contributed by atoms with E-state index in [4.69, 9.17) is 4.74 Å². The van der Waals surface area contributed by atoms with E-state index in [9.17, 15) is 21.6 Å². The van der Waals surface area contributed by atoms with Crippen molar-refractivity contribution in [2.24, 2.45) is 4.99 Å². The molecule has 7 nitrogen and oxygen atoms in total. The van der Waals surface area contributed by atoms with Gasteiger partial charge in [0.2, 0.25) is 10.0 Å². The first-order valence-corrected chi connectivity index (χ1v) is 10.9. The molecule has 0 radical (unpaired) electrons. The molecule has 2 N–H and O–H groups in total. The van der Waals surface area contributed by atoms with Crippen molar-refractivity contribution in [1.82, 2.24) is 14.9 Å². The zero-order valence-electron chi connectivity index (χ0n) is 16.7. The van der Waals surface area contributed by atoms with E-state index in [1.54, 1.807) is 0 Å². The maximum absolute atomic E-state index is 12.6. The summed E-state index contributed by atoms with van der Waals surface area (Å²) >= 11 is 0. The Morgan fingerprint density at radius 1 is 1.17 bits per heavy atom. The lowest BCUT2D eigenvalue weighted by Gasteiger charge is -2.34. The molecule has 11 heteroatoms. The number of nitrogens with zero attached hydrogens (tertiary/aromatic N) is 2. The molecule has 0 saturated carbocycles. The Hall–Kier alpha value is -1.85. The summed E-state index contributed by atoms with van der Waals surface area (Å²) in [5.41, 5.74) is -0.0643. The Bertz CT molecular complexity index is 788. The fourth-order valence-electron chi connectivity index (χ4n) is 3.00. The molecule has 0 amide bonds. The average Bonchev–Trinajstić information content (AvgIpc) is 2.63. The Balaban J connectivity index is 1.81. The van der Waals surface area contributed by atoms with Crippen molar-refractivity contribution in [2.45, 2.75) is 38.8 Å². The Kier molecular flexibility index (Phi) is 7.89. The van der Waals surface area contributed by atoms with Gasteiger partial charge in [-0.1, -0.05) is 12.1 Å². The molecule has 1 fully saturated rings. The summed E-state index contributed by atoms with van der Waals surface area (Å²) in [6.45, 7) is 4.73. The molecule has 164 valence electrons. The largest absolute Gasteiger partial charge is 0.416 e. The Morgan fingerprint density at radius 2 is 1.76 bits per heavy atom. The molecule has 1 aliphatic rings. The van der Waals surface area contributed by atoms with Crippen LogP contribution in [0.25, 0.3) is 0 Å². The van der Waals surface area contributed by atoms with Crippen LogP contribution in [0.5, 0.6) is 0 Å². The zero-order valence-corrected chi connectivity index (χ0v) is 17.5. The molecular weight excluding hydrogens is 409 g/mol. The average molecular weight is 437 g/mol. The predicted octanol–water partition coefficient (Wildman–Crippen LogP) is 1.81. The van der Waals surface area contributed by atoms with Crippen molar-refractivity contribution in [3.05, 3.63) is 35.4 Å². The van der Waals surface area contributed by atoms with Crippen LogP contribution >= 0.6 is 0 Å². The first kappa shape index (κ1) is 23.4. The van der Waals surface area contributed by atoms with Crippen LogP contribution in [-0.4, -0.2) is 63.3 Å². The second kappa shape index (κ2) is 9.77. The fourth-order valence-corrected chi connectivity index (χ4v) is 4.50. The Morgan fingerprint density at radius 3 is 2.28 bits per heavy atom. The summed E-state index contributed by atoms with van der Waals surface area (Å²) in [4.78, 5) is 4.00. The van der Waals surface area contributed by atoms with Gasteiger partial charge >= 0.3 is 6.18 Å². The molecule has 2 rings (SSSR count). The molecule has 1 aromatic carbocycles. The van der Waals surface area contributed by atoms with Gasteiger partial charge in [0.25, 0.3) is 0 Å². The third kappa shape index (κ3) is 7.16. The van der Waals surface area contributed by atoms with Crippen LogP contribution in [0.15, 0.2) is 29.3 Å². The molecule has 0 aromatic heterocycles. The summed E-state index contributed by atoms with van der Waals surface area (Å²) < 4.78 is 69.8. The van der Waals surface area contributed by atoms with Gasteiger partial charge in [-0.05, 0) is 31.5 Å². The van der Waals surface area contributed by atoms with Crippen molar-refractivity contribution >= 4 is 16.0 Å². The first-order chi connectivity index (χ1) is 13.5. The van der Waals surface area contributed by atoms with Gasteiger partial charge in [-0.2, -0.15) is 17.5 Å². The maximum atomic E-state index is 12.6.